The highest BCUT2D eigenvalue weighted by Crippen LogP contribution is 2.29. The van der Waals surface area contributed by atoms with Crippen molar-refractivity contribution in [1.82, 2.24) is 0 Å². The Morgan fingerprint density at radius 2 is 2.00 bits per heavy atom. The highest BCUT2D eigenvalue weighted by molar-refractivity contribution is 6.30. The Bertz CT molecular complexity index is 774. The fourth-order valence-corrected chi connectivity index (χ4v) is 2.13. The molecule has 0 unspecified atom stereocenters. The Hall–Kier alpha value is -2.53. The van der Waals surface area contributed by atoms with Crippen molar-refractivity contribution in [1.29, 1.82) is 0 Å². The molecule has 0 amide bonds. The van der Waals surface area contributed by atoms with Crippen LogP contribution in [0.3, 0.4) is 0 Å². The molecule has 24 heavy (non-hydrogen) atoms. The molecule has 2 rings (SSSR count). The van der Waals surface area contributed by atoms with Crippen molar-refractivity contribution in [2.24, 2.45) is 4.99 Å². The summed E-state index contributed by atoms with van der Waals surface area (Å²) >= 11 is 5.98. The van der Waals surface area contributed by atoms with Gasteiger partial charge in [0.15, 0.2) is 17.6 Å². The third-order valence-corrected chi connectivity index (χ3v) is 3.60. The van der Waals surface area contributed by atoms with Gasteiger partial charge >= 0.3 is 5.97 Å². The van der Waals surface area contributed by atoms with Crippen molar-refractivity contribution in [2.45, 2.75) is 20.0 Å². The van der Waals surface area contributed by atoms with Crippen molar-refractivity contribution in [3.05, 3.63) is 52.5 Å². The number of methoxy groups -OCH3 is 1. The second-order valence-corrected chi connectivity index (χ2v) is 5.63. The van der Waals surface area contributed by atoms with Crippen LogP contribution in [0.4, 0.5) is 5.69 Å². The summed E-state index contributed by atoms with van der Waals surface area (Å²) in [4.78, 5) is 15.3. The quantitative estimate of drug-likeness (QED) is 0.793. The van der Waals surface area contributed by atoms with Crippen LogP contribution in [0.5, 0.6) is 11.5 Å². The van der Waals surface area contributed by atoms with Gasteiger partial charge in [0.1, 0.15) is 0 Å². The molecule has 0 fully saturated rings. The minimum Gasteiger partial charge on any atom is -0.493 e. The minimum atomic E-state index is -1.04. The van der Waals surface area contributed by atoms with Crippen LogP contribution in [-0.2, 0) is 4.79 Å². The number of hydrogen-bond donors (Lipinski definition) is 1. The number of rotatable bonds is 6. The van der Waals surface area contributed by atoms with E-state index >= 15 is 0 Å². The molecule has 0 spiro atoms. The molecule has 126 valence electrons. The van der Waals surface area contributed by atoms with Gasteiger partial charge in [0.2, 0.25) is 0 Å². The predicted molar refractivity (Wildman–Crippen MR) is 94.2 cm³/mol. The second kappa shape index (κ2) is 7.84. The second-order valence-electron chi connectivity index (χ2n) is 5.20. The Kier molecular flexibility index (Phi) is 5.82. The van der Waals surface area contributed by atoms with E-state index in [1.165, 1.54) is 14.0 Å². The molecule has 0 radical (unpaired) electrons. The molecule has 0 heterocycles. The van der Waals surface area contributed by atoms with Crippen molar-refractivity contribution >= 4 is 29.5 Å². The molecule has 2 aromatic carbocycles. The number of nitrogens with zero attached hydrogens (tertiary/aromatic N) is 1. The van der Waals surface area contributed by atoms with Gasteiger partial charge < -0.3 is 14.6 Å². The molecule has 5 nitrogen and oxygen atoms in total. The van der Waals surface area contributed by atoms with E-state index in [1.807, 2.05) is 19.1 Å². The van der Waals surface area contributed by atoms with Gasteiger partial charge in [0.25, 0.3) is 0 Å². The van der Waals surface area contributed by atoms with Gasteiger partial charge in [-0.15, -0.1) is 0 Å². The summed E-state index contributed by atoms with van der Waals surface area (Å²) < 4.78 is 10.6. The van der Waals surface area contributed by atoms with Crippen LogP contribution in [-0.4, -0.2) is 30.5 Å². The molecule has 6 heteroatoms. The number of aliphatic imine (C=N–C) groups is 1. The number of carbonyl (C=O) groups is 1. The Morgan fingerprint density at radius 1 is 1.25 bits per heavy atom. The average Bonchev–Trinajstić information content (AvgIpc) is 2.56. The Morgan fingerprint density at radius 3 is 2.67 bits per heavy atom. The SMILES string of the molecule is COc1cc(C=Nc2cc(Cl)ccc2C)ccc1O[C@@H](C)C(=O)O. The number of aryl methyl sites for hydroxylation is 1. The molecule has 0 aliphatic heterocycles. The summed E-state index contributed by atoms with van der Waals surface area (Å²) in [6.45, 7) is 3.41. The number of ether oxygens (including phenoxy) is 2. The molecule has 0 bridgehead atoms. The Labute approximate surface area is 145 Å². The Balaban J connectivity index is 2.24. The van der Waals surface area contributed by atoms with Crippen molar-refractivity contribution in [3.8, 4) is 11.5 Å². The zero-order chi connectivity index (χ0) is 17.7. The maximum absolute atomic E-state index is 10.9. The molecule has 1 N–H and O–H groups in total. The van der Waals surface area contributed by atoms with E-state index in [2.05, 4.69) is 4.99 Å². The molecular weight excluding hydrogens is 330 g/mol. The van der Waals surface area contributed by atoms with Gasteiger partial charge in [-0.1, -0.05) is 17.7 Å². The van der Waals surface area contributed by atoms with Crippen LogP contribution in [0.15, 0.2) is 41.4 Å². The monoisotopic (exact) mass is 347 g/mol. The first-order valence-electron chi connectivity index (χ1n) is 7.28. The van der Waals surface area contributed by atoms with E-state index in [9.17, 15) is 4.79 Å². The summed E-state index contributed by atoms with van der Waals surface area (Å²) in [6.07, 6.45) is 0.721. The summed E-state index contributed by atoms with van der Waals surface area (Å²) in [5.74, 6) is -0.238. The lowest BCUT2D eigenvalue weighted by atomic mass is 10.2. The van der Waals surface area contributed by atoms with Crippen LogP contribution in [0, 0.1) is 6.92 Å². The summed E-state index contributed by atoms with van der Waals surface area (Å²) in [6, 6.07) is 10.7. The van der Waals surface area contributed by atoms with E-state index in [0.717, 1.165) is 16.8 Å². The number of halogens is 1. The van der Waals surface area contributed by atoms with Crippen LogP contribution >= 0.6 is 11.6 Å². The van der Waals surface area contributed by atoms with Crippen molar-refractivity contribution in [3.63, 3.8) is 0 Å². The topological polar surface area (TPSA) is 68.1 Å². The normalized spacial score (nSPS) is 12.2. The zero-order valence-electron chi connectivity index (χ0n) is 13.6. The molecular formula is C18H18ClNO4. The number of carboxylic acid groups (broad SMARTS) is 1. The summed E-state index contributed by atoms with van der Waals surface area (Å²) in [7, 11) is 1.50. The summed E-state index contributed by atoms with van der Waals surface area (Å²) in [5.41, 5.74) is 2.58. The molecule has 1 atom stereocenters. The number of benzene rings is 2. The largest absolute Gasteiger partial charge is 0.493 e. The molecule has 0 aromatic heterocycles. The average molecular weight is 348 g/mol. The van der Waals surface area contributed by atoms with Crippen LogP contribution in [0.25, 0.3) is 0 Å². The van der Waals surface area contributed by atoms with E-state index in [-0.39, 0.29) is 0 Å². The first-order valence-corrected chi connectivity index (χ1v) is 7.66. The smallest absolute Gasteiger partial charge is 0.344 e. The lowest BCUT2D eigenvalue weighted by molar-refractivity contribution is -0.144. The van der Waals surface area contributed by atoms with E-state index in [1.54, 1.807) is 30.5 Å². The highest BCUT2D eigenvalue weighted by atomic mass is 35.5. The predicted octanol–water partition coefficient (Wildman–Crippen LogP) is 4.26. The van der Waals surface area contributed by atoms with Gasteiger partial charge in [-0.3, -0.25) is 4.99 Å². The van der Waals surface area contributed by atoms with Crippen LogP contribution in [0.1, 0.15) is 18.1 Å². The fraction of sp³-hybridized carbons (Fsp3) is 0.222. The first kappa shape index (κ1) is 17.8. The minimum absolute atomic E-state index is 0.364. The van der Waals surface area contributed by atoms with E-state index < -0.39 is 12.1 Å². The molecule has 0 aliphatic carbocycles. The molecule has 2 aromatic rings. The van der Waals surface area contributed by atoms with Crippen molar-refractivity contribution < 1.29 is 19.4 Å². The van der Waals surface area contributed by atoms with E-state index in [4.69, 9.17) is 26.2 Å². The third kappa shape index (κ3) is 4.49. The van der Waals surface area contributed by atoms with Gasteiger partial charge in [-0.25, -0.2) is 4.79 Å². The number of aliphatic carboxylic acids is 1. The van der Waals surface area contributed by atoms with Gasteiger partial charge in [-0.2, -0.15) is 0 Å². The van der Waals surface area contributed by atoms with Crippen LogP contribution in [0.2, 0.25) is 5.02 Å². The fourth-order valence-electron chi connectivity index (χ4n) is 1.97. The third-order valence-electron chi connectivity index (χ3n) is 3.36. The molecule has 0 saturated heterocycles. The summed E-state index contributed by atoms with van der Waals surface area (Å²) in [5, 5.41) is 9.54. The maximum atomic E-state index is 10.9. The zero-order valence-corrected chi connectivity index (χ0v) is 14.4. The lowest BCUT2D eigenvalue weighted by Gasteiger charge is -2.14. The maximum Gasteiger partial charge on any atom is 0.344 e. The highest BCUT2D eigenvalue weighted by Gasteiger charge is 2.15. The molecule has 0 saturated carbocycles. The number of hydrogen-bond acceptors (Lipinski definition) is 4. The molecule has 0 aliphatic rings. The van der Waals surface area contributed by atoms with Crippen LogP contribution < -0.4 is 9.47 Å². The standard InChI is InChI=1S/C18H18ClNO4/c1-11-4-6-14(19)9-15(11)20-10-13-5-7-16(17(8-13)23-3)24-12(2)18(21)22/h4-10,12H,1-3H3,(H,21,22)/t12-/m0/s1. The van der Waals surface area contributed by atoms with Gasteiger partial charge in [0, 0.05) is 11.2 Å². The van der Waals surface area contributed by atoms with Crippen molar-refractivity contribution in [2.75, 3.05) is 7.11 Å². The van der Waals surface area contributed by atoms with E-state index in [0.29, 0.717) is 16.5 Å². The number of carboxylic acids is 1. The van der Waals surface area contributed by atoms with Gasteiger partial charge in [0.05, 0.1) is 12.8 Å². The first-order chi connectivity index (χ1) is 11.4. The lowest BCUT2D eigenvalue weighted by Crippen LogP contribution is -2.23. The van der Waals surface area contributed by atoms with Gasteiger partial charge in [-0.05, 0) is 55.3 Å².